The summed E-state index contributed by atoms with van der Waals surface area (Å²) in [4.78, 5) is 17.7. The number of piperazine rings is 1. The van der Waals surface area contributed by atoms with Crippen LogP contribution in [0.15, 0.2) is 47.7 Å². The molecule has 0 spiro atoms. The van der Waals surface area contributed by atoms with Gasteiger partial charge < -0.3 is 19.9 Å². The van der Waals surface area contributed by atoms with E-state index in [0.29, 0.717) is 19.0 Å². The SMILES string of the molecule is CCOc1ncccc1CNC(=NC)N1CCN(c2ccccn2)CC1.I. The number of anilines is 1. The minimum Gasteiger partial charge on any atom is -0.478 e. The van der Waals surface area contributed by atoms with Crippen LogP contribution in [0.25, 0.3) is 0 Å². The van der Waals surface area contributed by atoms with E-state index in [9.17, 15) is 0 Å². The minimum absolute atomic E-state index is 0. The molecule has 1 saturated heterocycles. The molecule has 1 N–H and O–H groups in total. The molecule has 0 atom stereocenters. The van der Waals surface area contributed by atoms with Crippen molar-refractivity contribution >= 4 is 35.8 Å². The third-order valence-corrected chi connectivity index (χ3v) is 4.33. The van der Waals surface area contributed by atoms with Gasteiger partial charge in [0.05, 0.1) is 6.61 Å². The molecule has 1 aliphatic heterocycles. The predicted octanol–water partition coefficient (Wildman–Crippen LogP) is 2.39. The average molecular weight is 482 g/mol. The molecule has 0 amide bonds. The number of nitrogens with one attached hydrogen (secondary N) is 1. The van der Waals surface area contributed by atoms with Gasteiger partial charge in [0, 0.05) is 57.7 Å². The zero-order valence-electron chi connectivity index (χ0n) is 15.8. The highest BCUT2D eigenvalue weighted by Gasteiger charge is 2.20. The monoisotopic (exact) mass is 482 g/mol. The molecule has 27 heavy (non-hydrogen) atoms. The van der Waals surface area contributed by atoms with Crippen molar-refractivity contribution < 1.29 is 4.74 Å². The Bertz CT molecular complexity index is 719. The molecule has 3 heterocycles. The molecule has 2 aromatic heterocycles. The summed E-state index contributed by atoms with van der Waals surface area (Å²) in [6.07, 6.45) is 3.59. The van der Waals surface area contributed by atoms with E-state index in [1.54, 1.807) is 6.20 Å². The van der Waals surface area contributed by atoms with Crippen molar-refractivity contribution in [1.82, 2.24) is 20.2 Å². The molecular formula is C19H27IN6O. The Balaban J connectivity index is 0.00000261. The molecule has 0 unspecified atom stereocenters. The van der Waals surface area contributed by atoms with Crippen molar-refractivity contribution in [2.45, 2.75) is 13.5 Å². The summed E-state index contributed by atoms with van der Waals surface area (Å²) in [7, 11) is 1.82. The van der Waals surface area contributed by atoms with Crippen LogP contribution in [0, 0.1) is 0 Å². The molecule has 0 aliphatic carbocycles. The Hall–Kier alpha value is -2.10. The second-order valence-corrected chi connectivity index (χ2v) is 5.96. The van der Waals surface area contributed by atoms with Gasteiger partial charge in [0.2, 0.25) is 5.88 Å². The molecule has 8 heteroatoms. The maximum absolute atomic E-state index is 5.59. The number of nitrogens with zero attached hydrogens (tertiary/aromatic N) is 5. The van der Waals surface area contributed by atoms with Crippen LogP contribution in [0.5, 0.6) is 5.88 Å². The van der Waals surface area contributed by atoms with Crippen molar-refractivity contribution in [2.24, 2.45) is 4.99 Å². The second kappa shape index (κ2) is 10.9. The Labute approximate surface area is 177 Å². The first-order valence-electron chi connectivity index (χ1n) is 9.00. The number of halogens is 1. The number of aliphatic imine (C=N–C) groups is 1. The highest BCUT2D eigenvalue weighted by atomic mass is 127. The molecule has 146 valence electrons. The smallest absolute Gasteiger partial charge is 0.218 e. The van der Waals surface area contributed by atoms with E-state index in [1.807, 2.05) is 44.4 Å². The third-order valence-electron chi connectivity index (χ3n) is 4.33. The Morgan fingerprint density at radius 1 is 1.11 bits per heavy atom. The van der Waals surface area contributed by atoms with E-state index in [0.717, 1.165) is 43.5 Å². The van der Waals surface area contributed by atoms with E-state index in [2.05, 4.69) is 36.1 Å². The molecule has 1 aliphatic rings. The number of ether oxygens (including phenoxy) is 1. The fourth-order valence-corrected chi connectivity index (χ4v) is 3.02. The fraction of sp³-hybridized carbons (Fsp3) is 0.421. The summed E-state index contributed by atoms with van der Waals surface area (Å²) >= 11 is 0. The van der Waals surface area contributed by atoms with Crippen LogP contribution < -0.4 is 15.0 Å². The van der Waals surface area contributed by atoms with Crippen molar-refractivity contribution in [3.8, 4) is 5.88 Å². The molecular weight excluding hydrogens is 455 g/mol. The van der Waals surface area contributed by atoms with Gasteiger partial charge in [-0.05, 0) is 25.1 Å². The highest BCUT2D eigenvalue weighted by molar-refractivity contribution is 14.0. The van der Waals surface area contributed by atoms with Crippen LogP contribution in [0.4, 0.5) is 5.82 Å². The molecule has 0 radical (unpaired) electrons. The highest BCUT2D eigenvalue weighted by Crippen LogP contribution is 2.15. The fourth-order valence-electron chi connectivity index (χ4n) is 3.02. The standard InChI is InChI=1S/C19H26N6O.HI/c1-3-26-18-16(7-6-10-22-18)15-23-19(20-2)25-13-11-24(12-14-25)17-8-4-5-9-21-17;/h4-10H,3,11-15H2,1-2H3,(H,20,23);1H. The molecule has 1 fully saturated rings. The van der Waals surface area contributed by atoms with Gasteiger partial charge in [0.15, 0.2) is 5.96 Å². The van der Waals surface area contributed by atoms with Crippen LogP contribution in [0.1, 0.15) is 12.5 Å². The summed E-state index contributed by atoms with van der Waals surface area (Å²) < 4.78 is 5.59. The summed E-state index contributed by atoms with van der Waals surface area (Å²) in [5.41, 5.74) is 1.03. The van der Waals surface area contributed by atoms with Gasteiger partial charge in [-0.1, -0.05) is 12.1 Å². The minimum atomic E-state index is 0. The summed E-state index contributed by atoms with van der Waals surface area (Å²) in [6, 6.07) is 9.98. The lowest BCUT2D eigenvalue weighted by Gasteiger charge is -2.37. The van der Waals surface area contributed by atoms with Crippen LogP contribution in [0.3, 0.4) is 0 Å². The van der Waals surface area contributed by atoms with E-state index in [-0.39, 0.29) is 24.0 Å². The topological polar surface area (TPSA) is 65.9 Å². The summed E-state index contributed by atoms with van der Waals surface area (Å²) in [5.74, 6) is 2.61. The second-order valence-electron chi connectivity index (χ2n) is 5.96. The van der Waals surface area contributed by atoms with E-state index < -0.39 is 0 Å². The number of pyridine rings is 2. The molecule has 0 saturated carbocycles. The van der Waals surface area contributed by atoms with Gasteiger partial charge in [0.1, 0.15) is 5.82 Å². The molecule has 3 rings (SSSR count). The summed E-state index contributed by atoms with van der Waals surface area (Å²) in [5, 5.41) is 3.43. The maximum atomic E-state index is 5.59. The lowest BCUT2D eigenvalue weighted by molar-refractivity contribution is 0.322. The van der Waals surface area contributed by atoms with Crippen molar-refractivity contribution in [3.63, 3.8) is 0 Å². The molecule has 0 aromatic carbocycles. The third kappa shape index (κ3) is 5.69. The lowest BCUT2D eigenvalue weighted by Crippen LogP contribution is -2.52. The number of aromatic nitrogens is 2. The number of hydrogen-bond acceptors (Lipinski definition) is 5. The van der Waals surface area contributed by atoms with Crippen LogP contribution in [-0.4, -0.2) is 60.7 Å². The largest absolute Gasteiger partial charge is 0.478 e. The Morgan fingerprint density at radius 3 is 2.56 bits per heavy atom. The van der Waals surface area contributed by atoms with Crippen LogP contribution in [-0.2, 0) is 6.54 Å². The van der Waals surface area contributed by atoms with E-state index in [1.165, 1.54) is 0 Å². The van der Waals surface area contributed by atoms with Gasteiger partial charge in [-0.3, -0.25) is 4.99 Å². The summed E-state index contributed by atoms with van der Waals surface area (Å²) in [6.45, 7) is 6.86. The van der Waals surface area contributed by atoms with Gasteiger partial charge >= 0.3 is 0 Å². The van der Waals surface area contributed by atoms with Crippen LogP contribution >= 0.6 is 24.0 Å². The maximum Gasteiger partial charge on any atom is 0.218 e. The predicted molar refractivity (Wildman–Crippen MR) is 119 cm³/mol. The Kier molecular flexibility index (Phi) is 8.56. The first-order chi connectivity index (χ1) is 12.8. The molecule has 7 nitrogen and oxygen atoms in total. The Morgan fingerprint density at radius 2 is 1.89 bits per heavy atom. The zero-order valence-corrected chi connectivity index (χ0v) is 18.2. The number of guanidine groups is 1. The number of hydrogen-bond donors (Lipinski definition) is 1. The molecule has 0 bridgehead atoms. The van der Waals surface area contributed by atoms with Gasteiger partial charge in [-0.15, -0.1) is 24.0 Å². The van der Waals surface area contributed by atoms with E-state index >= 15 is 0 Å². The van der Waals surface area contributed by atoms with Gasteiger partial charge in [-0.2, -0.15) is 0 Å². The average Bonchev–Trinajstić information content (AvgIpc) is 2.71. The first kappa shape index (κ1) is 21.2. The van der Waals surface area contributed by atoms with E-state index in [4.69, 9.17) is 4.74 Å². The number of rotatable bonds is 5. The normalized spacial score (nSPS) is 14.5. The molecule has 2 aromatic rings. The van der Waals surface area contributed by atoms with Crippen LogP contribution in [0.2, 0.25) is 0 Å². The van der Waals surface area contributed by atoms with Crippen molar-refractivity contribution in [1.29, 1.82) is 0 Å². The first-order valence-corrected chi connectivity index (χ1v) is 9.00. The van der Waals surface area contributed by atoms with Gasteiger partial charge in [0.25, 0.3) is 0 Å². The lowest BCUT2D eigenvalue weighted by atomic mass is 10.2. The zero-order chi connectivity index (χ0) is 18.2. The van der Waals surface area contributed by atoms with Crippen molar-refractivity contribution in [3.05, 3.63) is 48.3 Å². The van der Waals surface area contributed by atoms with Crippen molar-refractivity contribution in [2.75, 3.05) is 44.7 Å². The van der Waals surface area contributed by atoms with Gasteiger partial charge in [-0.25, -0.2) is 9.97 Å². The quantitative estimate of drug-likeness (QED) is 0.401.